The largest absolute Gasteiger partial charge is 0.466 e. The zero-order valence-electron chi connectivity index (χ0n) is 59.7. The summed E-state index contributed by atoms with van der Waals surface area (Å²) in [4.78, 5) is 24.7. The van der Waals surface area contributed by atoms with E-state index in [4.69, 9.17) is 4.74 Å². The van der Waals surface area contributed by atoms with Gasteiger partial charge in [0.15, 0.2) is 0 Å². The number of allylic oxidation sites excluding steroid dienone is 5. The van der Waals surface area contributed by atoms with Crippen LogP contribution in [-0.4, -0.2) is 47.4 Å². The molecule has 1 amide bonds. The Hall–Kier alpha value is -1.92. The van der Waals surface area contributed by atoms with Gasteiger partial charge in [0, 0.05) is 12.8 Å². The average molecular weight is 1240 g/mol. The number of aliphatic hydroxyl groups is 2. The van der Waals surface area contributed by atoms with E-state index in [0.29, 0.717) is 19.4 Å². The van der Waals surface area contributed by atoms with Gasteiger partial charge in [-0.15, -0.1) is 0 Å². The van der Waals surface area contributed by atoms with E-state index in [2.05, 4.69) is 43.5 Å². The topological polar surface area (TPSA) is 95.9 Å². The highest BCUT2D eigenvalue weighted by molar-refractivity contribution is 5.76. The summed E-state index contributed by atoms with van der Waals surface area (Å²) < 4.78 is 5.52. The van der Waals surface area contributed by atoms with E-state index >= 15 is 0 Å². The molecule has 0 aromatic carbocycles. The second-order valence-electron chi connectivity index (χ2n) is 27.8. The van der Waals surface area contributed by atoms with Crippen molar-refractivity contribution in [2.45, 2.75) is 463 Å². The number of nitrogens with one attached hydrogen (secondary N) is 1. The van der Waals surface area contributed by atoms with Crippen LogP contribution < -0.4 is 5.32 Å². The first-order valence-corrected chi connectivity index (χ1v) is 40.3. The van der Waals surface area contributed by atoms with Crippen molar-refractivity contribution in [3.8, 4) is 0 Å². The van der Waals surface area contributed by atoms with Gasteiger partial charge in [0.25, 0.3) is 0 Å². The fourth-order valence-electron chi connectivity index (χ4n) is 12.8. The Balaban J connectivity index is 3.35. The maximum Gasteiger partial charge on any atom is 0.305 e. The lowest BCUT2D eigenvalue weighted by atomic mass is 10.0. The maximum absolute atomic E-state index is 12.5. The molecule has 0 heterocycles. The van der Waals surface area contributed by atoms with Crippen LogP contribution in [0.5, 0.6) is 0 Å². The zero-order valence-corrected chi connectivity index (χ0v) is 59.7. The summed E-state index contributed by atoms with van der Waals surface area (Å²) in [6.45, 7) is 4.93. The number of amides is 1. The summed E-state index contributed by atoms with van der Waals surface area (Å²) in [7, 11) is 0. The van der Waals surface area contributed by atoms with Crippen molar-refractivity contribution in [3.63, 3.8) is 0 Å². The van der Waals surface area contributed by atoms with Gasteiger partial charge in [-0.1, -0.05) is 410 Å². The van der Waals surface area contributed by atoms with Gasteiger partial charge in [0.2, 0.25) is 5.91 Å². The lowest BCUT2D eigenvalue weighted by molar-refractivity contribution is -0.143. The van der Waals surface area contributed by atoms with Crippen LogP contribution in [0.1, 0.15) is 450 Å². The quantitative estimate of drug-likeness (QED) is 0.0320. The SMILES string of the molecule is CCCCC/C=C\C/C=C\CCCCCCCCCCCC(=O)OCCCCCCCCCCCCCCCCCCCCCCCCCCCCCCCCC(=O)NC(CO)C(O)/C=C/CCCCCCCCCCCCCCCCCCCCCC. The summed E-state index contributed by atoms with van der Waals surface area (Å²) in [6.07, 6.45) is 101. The summed E-state index contributed by atoms with van der Waals surface area (Å²) in [5.41, 5.74) is 0. The number of hydrogen-bond donors (Lipinski definition) is 3. The minimum absolute atomic E-state index is 0.0169. The maximum atomic E-state index is 12.5. The molecule has 0 aromatic heterocycles. The highest BCUT2D eigenvalue weighted by Gasteiger charge is 2.18. The van der Waals surface area contributed by atoms with Crippen LogP contribution in [0.15, 0.2) is 36.5 Å². The van der Waals surface area contributed by atoms with Gasteiger partial charge in [-0.3, -0.25) is 9.59 Å². The van der Waals surface area contributed by atoms with E-state index in [1.54, 1.807) is 6.08 Å². The number of carbonyl (C=O) groups excluding carboxylic acids is 2. The van der Waals surface area contributed by atoms with Crippen LogP contribution in [-0.2, 0) is 14.3 Å². The van der Waals surface area contributed by atoms with Crippen molar-refractivity contribution in [1.82, 2.24) is 5.32 Å². The number of hydrogen-bond acceptors (Lipinski definition) is 5. The highest BCUT2D eigenvalue weighted by atomic mass is 16.5. The van der Waals surface area contributed by atoms with Crippen LogP contribution in [0.25, 0.3) is 0 Å². The predicted molar refractivity (Wildman–Crippen MR) is 389 cm³/mol. The second kappa shape index (κ2) is 77.5. The third-order valence-corrected chi connectivity index (χ3v) is 18.9. The molecule has 0 aliphatic heterocycles. The van der Waals surface area contributed by atoms with Gasteiger partial charge in [-0.2, -0.15) is 0 Å². The van der Waals surface area contributed by atoms with Gasteiger partial charge >= 0.3 is 5.97 Å². The van der Waals surface area contributed by atoms with E-state index in [-0.39, 0.29) is 18.5 Å². The van der Waals surface area contributed by atoms with Crippen LogP contribution in [0, 0.1) is 0 Å². The van der Waals surface area contributed by atoms with Crippen molar-refractivity contribution >= 4 is 11.9 Å². The van der Waals surface area contributed by atoms with Crippen molar-refractivity contribution in [3.05, 3.63) is 36.5 Å². The molecule has 0 saturated heterocycles. The molecule has 2 atom stereocenters. The molecule has 0 bridgehead atoms. The highest BCUT2D eigenvalue weighted by Crippen LogP contribution is 2.20. The standard InChI is InChI=1S/C82H157NO5/c1-3-5-7-9-11-13-15-17-19-21-23-24-35-39-42-46-50-54-58-62-66-70-74-80(85)79(78-84)83-81(86)75-71-67-63-59-55-51-47-43-40-36-33-31-29-27-25-26-28-30-32-34-37-41-45-49-53-57-61-65-69-73-77-88-82(87)76-72-68-64-60-56-52-48-44-38-22-20-18-16-14-12-10-8-6-4-2/h12,14,18,20,70,74,79-80,84-85H,3-11,13,15-17,19,21-69,71-73,75-78H2,1-2H3,(H,83,86)/b14-12-,20-18-,74-70+. The Morgan fingerprint density at radius 2 is 0.568 bits per heavy atom. The molecule has 0 fully saturated rings. The van der Waals surface area contributed by atoms with E-state index in [0.717, 1.165) is 51.4 Å². The number of rotatable bonds is 76. The number of carbonyl (C=O) groups is 2. The molecule has 0 radical (unpaired) electrons. The smallest absolute Gasteiger partial charge is 0.305 e. The van der Waals surface area contributed by atoms with Crippen molar-refractivity contribution in [2.75, 3.05) is 13.2 Å². The normalized spacial score (nSPS) is 12.6. The molecule has 88 heavy (non-hydrogen) atoms. The Labute approximate surface area is 551 Å². The third-order valence-electron chi connectivity index (χ3n) is 18.9. The fourth-order valence-corrected chi connectivity index (χ4v) is 12.8. The first kappa shape index (κ1) is 86.1. The zero-order chi connectivity index (χ0) is 63.5. The number of ether oxygens (including phenoxy) is 1. The van der Waals surface area contributed by atoms with Crippen LogP contribution in [0.2, 0.25) is 0 Å². The third kappa shape index (κ3) is 73.1. The van der Waals surface area contributed by atoms with Gasteiger partial charge in [0.1, 0.15) is 0 Å². The molecule has 0 aliphatic carbocycles. The lowest BCUT2D eigenvalue weighted by Gasteiger charge is -2.20. The van der Waals surface area contributed by atoms with Gasteiger partial charge < -0.3 is 20.3 Å². The molecule has 6 heteroatoms. The van der Waals surface area contributed by atoms with Gasteiger partial charge in [0.05, 0.1) is 25.4 Å². The molecule has 0 aromatic rings. The molecular weight excluding hydrogens is 1080 g/mol. The van der Waals surface area contributed by atoms with Crippen LogP contribution in [0.3, 0.4) is 0 Å². The summed E-state index contributed by atoms with van der Waals surface area (Å²) in [6, 6.07) is -0.626. The molecular formula is C82H157NO5. The predicted octanol–water partition coefficient (Wildman–Crippen LogP) is 26.6. The summed E-state index contributed by atoms with van der Waals surface area (Å²) in [5, 5.41) is 23.3. The van der Waals surface area contributed by atoms with Gasteiger partial charge in [-0.25, -0.2) is 0 Å². The monoisotopic (exact) mass is 1240 g/mol. The molecule has 0 saturated carbocycles. The van der Waals surface area contributed by atoms with Crippen molar-refractivity contribution < 1.29 is 24.5 Å². The number of unbranched alkanes of at least 4 members (excludes halogenated alkanes) is 61. The summed E-state index contributed by atoms with van der Waals surface area (Å²) >= 11 is 0. The fraction of sp³-hybridized carbons (Fsp3) is 0.902. The number of aliphatic hydroxyl groups excluding tert-OH is 2. The molecule has 6 nitrogen and oxygen atoms in total. The molecule has 2 unspecified atom stereocenters. The van der Waals surface area contributed by atoms with E-state index in [1.807, 2.05) is 6.08 Å². The van der Waals surface area contributed by atoms with E-state index < -0.39 is 12.1 Å². The van der Waals surface area contributed by atoms with Crippen LogP contribution >= 0.6 is 0 Å². The summed E-state index contributed by atoms with van der Waals surface area (Å²) in [5.74, 6) is -0.0424. The first-order valence-electron chi connectivity index (χ1n) is 40.3. The Morgan fingerprint density at radius 3 is 0.886 bits per heavy atom. The molecule has 0 rings (SSSR count). The molecule has 3 N–H and O–H groups in total. The van der Waals surface area contributed by atoms with Crippen molar-refractivity contribution in [1.29, 1.82) is 0 Å². The number of esters is 1. The second-order valence-corrected chi connectivity index (χ2v) is 27.8. The lowest BCUT2D eigenvalue weighted by Crippen LogP contribution is -2.45. The van der Waals surface area contributed by atoms with Crippen LogP contribution in [0.4, 0.5) is 0 Å². The minimum atomic E-state index is -0.843. The Bertz CT molecular complexity index is 1430. The Morgan fingerprint density at radius 1 is 0.318 bits per heavy atom. The molecule has 0 spiro atoms. The average Bonchev–Trinajstić information content (AvgIpc) is 3.58. The molecule has 520 valence electrons. The molecule has 0 aliphatic rings. The van der Waals surface area contributed by atoms with Gasteiger partial charge in [-0.05, 0) is 64.2 Å². The Kier molecular flexibility index (Phi) is 75.8. The first-order chi connectivity index (χ1) is 43.5. The minimum Gasteiger partial charge on any atom is -0.466 e. The van der Waals surface area contributed by atoms with Crippen molar-refractivity contribution in [2.24, 2.45) is 0 Å². The van der Waals surface area contributed by atoms with E-state index in [9.17, 15) is 19.8 Å². The van der Waals surface area contributed by atoms with E-state index in [1.165, 1.54) is 372 Å².